The lowest BCUT2D eigenvalue weighted by Gasteiger charge is -2.42. The molecule has 2 aliphatic carbocycles. The summed E-state index contributed by atoms with van der Waals surface area (Å²) in [6.07, 6.45) is 9.26. The van der Waals surface area contributed by atoms with E-state index >= 15 is 0 Å². The summed E-state index contributed by atoms with van der Waals surface area (Å²) < 4.78 is 1.22. The summed E-state index contributed by atoms with van der Waals surface area (Å²) >= 11 is 3.58. The van der Waals surface area contributed by atoms with Gasteiger partial charge in [0.25, 0.3) is 0 Å². The van der Waals surface area contributed by atoms with Crippen LogP contribution in [-0.2, 0) is 12.8 Å². The summed E-state index contributed by atoms with van der Waals surface area (Å²) in [6.45, 7) is 4.88. The first kappa shape index (κ1) is 14.6. The first-order valence-electron chi connectivity index (χ1n) is 8.08. The number of halogens is 1. The zero-order chi connectivity index (χ0) is 14.2. The monoisotopic (exact) mass is 335 g/mol. The van der Waals surface area contributed by atoms with Crippen molar-refractivity contribution in [2.24, 2.45) is 5.41 Å². The van der Waals surface area contributed by atoms with E-state index in [0.29, 0.717) is 17.5 Å². The van der Waals surface area contributed by atoms with Gasteiger partial charge in [0.15, 0.2) is 0 Å². The van der Waals surface area contributed by atoms with Crippen molar-refractivity contribution in [3.05, 3.63) is 33.8 Å². The van der Waals surface area contributed by atoms with E-state index in [-0.39, 0.29) is 0 Å². The van der Waals surface area contributed by atoms with Gasteiger partial charge < -0.3 is 5.32 Å². The minimum Gasteiger partial charge on any atom is -0.310 e. The highest BCUT2D eigenvalue weighted by Gasteiger charge is 2.33. The van der Waals surface area contributed by atoms with Crippen LogP contribution in [0.2, 0.25) is 0 Å². The number of benzene rings is 1. The molecule has 1 saturated carbocycles. The van der Waals surface area contributed by atoms with Crippen molar-refractivity contribution in [2.45, 2.75) is 70.9 Å². The van der Waals surface area contributed by atoms with Gasteiger partial charge in [0.2, 0.25) is 0 Å². The topological polar surface area (TPSA) is 12.0 Å². The summed E-state index contributed by atoms with van der Waals surface area (Å²) in [5.74, 6) is 0. The van der Waals surface area contributed by atoms with Crippen molar-refractivity contribution in [1.29, 1.82) is 0 Å². The Morgan fingerprint density at radius 2 is 2.00 bits per heavy atom. The van der Waals surface area contributed by atoms with E-state index in [1.54, 1.807) is 11.1 Å². The van der Waals surface area contributed by atoms with Crippen molar-refractivity contribution >= 4 is 15.9 Å². The van der Waals surface area contributed by atoms with Crippen LogP contribution >= 0.6 is 15.9 Å². The Bertz CT molecular complexity index is 480. The second-order valence-electron chi connectivity index (χ2n) is 7.31. The lowest BCUT2D eigenvalue weighted by Crippen LogP contribution is -2.50. The zero-order valence-corrected chi connectivity index (χ0v) is 14.3. The largest absolute Gasteiger partial charge is 0.310 e. The standard InChI is InChI=1S/C18H26BrN/c1-18(2)10-4-3-5-17(18)20-16-9-7-13-11-15(19)8-6-14(13)12-16/h6,8,11,16-17,20H,3-5,7,9-10,12H2,1-2H3. The normalized spacial score (nSPS) is 28.9. The van der Waals surface area contributed by atoms with Crippen LogP contribution in [0.1, 0.15) is 57.1 Å². The Hall–Kier alpha value is -0.340. The quantitative estimate of drug-likeness (QED) is 0.813. The molecular weight excluding hydrogens is 310 g/mol. The maximum atomic E-state index is 3.99. The van der Waals surface area contributed by atoms with Gasteiger partial charge in [-0.3, -0.25) is 0 Å². The summed E-state index contributed by atoms with van der Waals surface area (Å²) in [6, 6.07) is 8.17. The molecule has 2 atom stereocenters. The van der Waals surface area contributed by atoms with Gasteiger partial charge >= 0.3 is 0 Å². The number of fused-ring (bicyclic) bond motifs is 1. The van der Waals surface area contributed by atoms with E-state index in [1.807, 2.05) is 0 Å². The third-order valence-electron chi connectivity index (χ3n) is 5.34. The molecule has 0 aromatic heterocycles. The average Bonchev–Trinajstić information content (AvgIpc) is 2.41. The van der Waals surface area contributed by atoms with Gasteiger partial charge in [-0.05, 0) is 60.8 Å². The minimum atomic E-state index is 0.470. The average molecular weight is 336 g/mol. The molecule has 1 aromatic carbocycles. The SMILES string of the molecule is CC1(C)CCCCC1NC1CCc2cc(Br)ccc2C1. The predicted octanol–water partition coefficient (Wildman–Crippen LogP) is 4.86. The fourth-order valence-corrected chi connectivity index (χ4v) is 4.36. The predicted molar refractivity (Wildman–Crippen MR) is 89.1 cm³/mol. The maximum absolute atomic E-state index is 3.99. The molecule has 2 aliphatic rings. The molecule has 0 spiro atoms. The van der Waals surface area contributed by atoms with E-state index in [2.05, 4.69) is 53.3 Å². The van der Waals surface area contributed by atoms with Crippen LogP contribution in [0.5, 0.6) is 0 Å². The van der Waals surface area contributed by atoms with Gasteiger partial charge in [-0.1, -0.05) is 48.7 Å². The molecule has 1 aromatic rings. The van der Waals surface area contributed by atoms with Gasteiger partial charge in [0.05, 0.1) is 0 Å². The molecule has 2 unspecified atom stereocenters. The van der Waals surface area contributed by atoms with Gasteiger partial charge in [-0.2, -0.15) is 0 Å². The van der Waals surface area contributed by atoms with E-state index in [1.165, 1.54) is 49.4 Å². The summed E-state index contributed by atoms with van der Waals surface area (Å²) in [7, 11) is 0. The molecule has 0 heterocycles. The first-order valence-corrected chi connectivity index (χ1v) is 8.87. The van der Waals surface area contributed by atoms with E-state index in [0.717, 1.165) is 0 Å². The highest BCUT2D eigenvalue weighted by molar-refractivity contribution is 9.10. The lowest BCUT2D eigenvalue weighted by molar-refractivity contribution is 0.152. The number of hydrogen-bond acceptors (Lipinski definition) is 1. The Morgan fingerprint density at radius 1 is 1.15 bits per heavy atom. The molecular formula is C18H26BrN. The van der Waals surface area contributed by atoms with E-state index in [4.69, 9.17) is 0 Å². The zero-order valence-electron chi connectivity index (χ0n) is 12.7. The van der Waals surface area contributed by atoms with Crippen LogP contribution < -0.4 is 5.32 Å². The van der Waals surface area contributed by atoms with E-state index in [9.17, 15) is 0 Å². The molecule has 1 nitrogen and oxygen atoms in total. The van der Waals surface area contributed by atoms with Gasteiger partial charge in [-0.25, -0.2) is 0 Å². The summed E-state index contributed by atoms with van der Waals surface area (Å²) in [4.78, 5) is 0. The Kier molecular flexibility index (Phi) is 4.24. The molecule has 2 heteroatoms. The fourth-order valence-electron chi connectivity index (χ4n) is 3.95. The number of hydrogen-bond donors (Lipinski definition) is 1. The summed E-state index contributed by atoms with van der Waals surface area (Å²) in [5.41, 5.74) is 3.56. The van der Waals surface area contributed by atoms with Crippen LogP contribution in [-0.4, -0.2) is 12.1 Å². The second kappa shape index (κ2) is 5.81. The first-order chi connectivity index (χ1) is 9.54. The number of rotatable bonds is 2. The van der Waals surface area contributed by atoms with Crippen molar-refractivity contribution in [3.63, 3.8) is 0 Å². The fraction of sp³-hybridized carbons (Fsp3) is 0.667. The molecule has 0 bridgehead atoms. The molecule has 0 aliphatic heterocycles. The van der Waals surface area contributed by atoms with Gasteiger partial charge in [0.1, 0.15) is 0 Å². The third-order valence-corrected chi connectivity index (χ3v) is 5.83. The molecule has 3 rings (SSSR count). The van der Waals surface area contributed by atoms with Crippen molar-refractivity contribution in [3.8, 4) is 0 Å². The molecule has 1 N–H and O–H groups in total. The Morgan fingerprint density at radius 3 is 2.80 bits per heavy atom. The van der Waals surface area contributed by atoms with Crippen LogP contribution in [0.4, 0.5) is 0 Å². The Labute approximate surface area is 131 Å². The minimum absolute atomic E-state index is 0.470. The van der Waals surface area contributed by atoms with Crippen LogP contribution in [0.15, 0.2) is 22.7 Å². The highest BCUT2D eigenvalue weighted by atomic mass is 79.9. The lowest BCUT2D eigenvalue weighted by atomic mass is 9.72. The van der Waals surface area contributed by atoms with Crippen LogP contribution in [0, 0.1) is 5.41 Å². The number of nitrogens with one attached hydrogen (secondary N) is 1. The third kappa shape index (κ3) is 3.12. The molecule has 110 valence electrons. The van der Waals surface area contributed by atoms with Gasteiger partial charge in [0, 0.05) is 16.6 Å². The molecule has 0 radical (unpaired) electrons. The highest BCUT2D eigenvalue weighted by Crippen LogP contribution is 2.36. The molecule has 20 heavy (non-hydrogen) atoms. The smallest absolute Gasteiger partial charge is 0.0178 e. The second-order valence-corrected chi connectivity index (χ2v) is 8.22. The Balaban J connectivity index is 1.67. The molecule has 1 fully saturated rings. The van der Waals surface area contributed by atoms with E-state index < -0.39 is 0 Å². The van der Waals surface area contributed by atoms with Crippen molar-refractivity contribution in [1.82, 2.24) is 5.32 Å². The molecule has 0 saturated heterocycles. The molecule has 0 amide bonds. The van der Waals surface area contributed by atoms with Gasteiger partial charge in [-0.15, -0.1) is 0 Å². The maximum Gasteiger partial charge on any atom is 0.0178 e. The summed E-state index contributed by atoms with van der Waals surface area (Å²) in [5, 5.41) is 3.99. The number of aryl methyl sites for hydroxylation is 1. The van der Waals surface area contributed by atoms with Crippen molar-refractivity contribution < 1.29 is 0 Å². The van der Waals surface area contributed by atoms with Crippen LogP contribution in [0.25, 0.3) is 0 Å². The van der Waals surface area contributed by atoms with Crippen molar-refractivity contribution in [2.75, 3.05) is 0 Å². The van der Waals surface area contributed by atoms with Crippen LogP contribution in [0.3, 0.4) is 0 Å².